The van der Waals surface area contributed by atoms with Gasteiger partial charge in [-0.3, -0.25) is 0 Å². The predicted molar refractivity (Wildman–Crippen MR) is 53.8 cm³/mol. The van der Waals surface area contributed by atoms with Crippen LogP contribution >= 0.6 is 0 Å². The highest BCUT2D eigenvalue weighted by molar-refractivity contribution is 7.91. The molecular formula is C10H9F2NO2S. The molecule has 0 amide bonds. The number of benzene rings is 1. The van der Waals surface area contributed by atoms with Crippen LogP contribution in [0.2, 0.25) is 0 Å². The van der Waals surface area contributed by atoms with Crippen LogP contribution < -0.4 is 0 Å². The summed E-state index contributed by atoms with van der Waals surface area (Å²) in [6.07, 6.45) is 0. The van der Waals surface area contributed by atoms with Crippen LogP contribution in [0.1, 0.15) is 12.5 Å². The van der Waals surface area contributed by atoms with Gasteiger partial charge in [-0.2, -0.15) is 5.26 Å². The third kappa shape index (κ3) is 3.28. The quantitative estimate of drug-likeness (QED) is 0.818. The van der Waals surface area contributed by atoms with Crippen LogP contribution in [0.5, 0.6) is 0 Å². The molecule has 0 saturated heterocycles. The second kappa shape index (κ2) is 4.18. The molecule has 0 N–H and O–H groups in total. The first kappa shape index (κ1) is 12.6. The molecular weight excluding hydrogens is 236 g/mol. The summed E-state index contributed by atoms with van der Waals surface area (Å²) >= 11 is 0. The number of nitrogens with zero attached hydrogens (tertiary/aromatic N) is 1. The van der Waals surface area contributed by atoms with Crippen molar-refractivity contribution in [2.24, 2.45) is 0 Å². The van der Waals surface area contributed by atoms with E-state index in [0.29, 0.717) is 6.92 Å². The van der Waals surface area contributed by atoms with E-state index in [1.165, 1.54) is 18.2 Å². The number of rotatable bonds is 3. The minimum atomic E-state index is -4.05. The van der Waals surface area contributed by atoms with Crippen molar-refractivity contribution in [3.05, 3.63) is 29.8 Å². The lowest BCUT2D eigenvalue weighted by atomic mass is 10.2. The monoisotopic (exact) mass is 245 g/mol. The Morgan fingerprint density at radius 2 is 2.06 bits per heavy atom. The van der Waals surface area contributed by atoms with Crippen LogP contribution in [0.3, 0.4) is 0 Å². The van der Waals surface area contributed by atoms with Crippen molar-refractivity contribution < 1.29 is 17.2 Å². The van der Waals surface area contributed by atoms with Crippen molar-refractivity contribution >= 4 is 9.84 Å². The van der Waals surface area contributed by atoms with Gasteiger partial charge in [-0.05, 0) is 18.2 Å². The molecule has 0 aliphatic heterocycles. The summed E-state index contributed by atoms with van der Waals surface area (Å²) in [6, 6.07) is 6.78. The molecule has 0 saturated carbocycles. The maximum atomic E-state index is 12.6. The second-order valence-electron chi connectivity index (χ2n) is 3.47. The molecule has 0 atom stereocenters. The number of nitriles is 1. The van der Waals surface area contributed by atoms with Crippen LogP contribution in [-0.4, -0.2) is 20.1 Å². The largest absolute Gasteiger partial charge is 0.259 e. The Morgan fingerprint density at radius 3 is 2.56 bits per heavy atom. The first-order valence-corrected chi connectivity index (χ1v) is 6.00. The Labute approximate surface area is 92.2 Å². The van der Waals surface area contributed by atoms with Crippen LogP contribution in [0.4, 0.5) is 8.78 Å². The zero-order valence-electron chi connectivity index (χ0n) is 8.44. The Balaban J connectivity index is 3.14. The van der Waals surface area contributed by atoms with E-state index >= 15 is 0 Å². The molecule has 0 aromatic heterocycles. The molecule has 1 aromatic rings. The van der Waals surface area contributed by atoms with Gasteiger partial charge < -0.3 is 0 Å². The second-order valence-corrected chi connectivity index (χ2v) is 5.46. The van der Waals surface area contributed by atoms with E-state index in [4.69, 9.17) is 5.26 Å². The van der Waals surface area contributed by atoms with Gasteiger partial charge >= 0.3 is 0 Å². The summed E-state index contributed by atoms with van der Waals surface area (Å²) in [5, 5.41) is 8.57. The lowest BCUT2D eigenvalue weighted by molar-refractivity contribution is 0.0473. The van der Waals surface area contributed by atoms with Gasteiger partial charge in [0.05, 0.1) is 16.5 Å². The van der Waals surface area contributed by atoms with E-state index in [1.807, 2.05) is 0 Å². The van der Waals surface area contributed by atoms with Crippen LogP contribution in [0.25, 0.3) is 0 Å². The molecule has 0 aliphatic rings. The van der Waals surface area contributed by atoms with E-state index in [9.17, 15) is 17.2 Å². The Morgan fingerprint density at radius 1 is 1.44 bits per heavy atom. The van der Waals surface area contributed by atoms with Crippen molar-refractivity contribution in [2.75, 3.05) is 5.75 Å². The SMILES string of the molecule is CC(F)(F)CS(=O)(=O)c1cccc(C#N)c1. The maximum absolute atomic E-state index is 12.6. The van der Waals surface area contributed by atoms with Crippen LogP contribution in [-0.2, 0) is 9.84 Å². The summed E-state index contributed by atoms with van der Waals surface area (Å²) in [7, 11) is -4.05. The Hall–Kier alpha value is -1.48. The molecule has 3 nitrogen and oxygen atoms in total. The van der Waals surface area contributed by atoms with Gasteiger partial charge in [-0.15, -0.1) is 0 Å². The minimum Gasteiger partial charge on any atom is -0.223 e. The fourth-order valence-corrected chi connectivity index (χ4v) is 2.60. The summed E-state index contributed by atoms with van der Waals surface area (Å²) in [6.45, 7) is 0.540. The van der Waals surface area contributed by atoms with E-state index < -0.39 is 21.5 Å². The normalized spacial score (nSPS) is 12.1. The van der Waals surface area contributed by atoms with Crippen LogP contribution in [0.15, 0.2) is 29.2 Å². The smallest absolute Gasteiger partial charge is 0.223 e. The fourth-order valence-electron chi connectivity index (χ4n) is 1.18. The third-order valence-electron chi connectivity index (χ3n) is 1.77. The molecule has 0 unspecified atom stereocenters. The average Bonchev–Trinajstić information content (AvgIpc) is 2.14. The molecule has 0 fully saturated rings. The first-order chi connectivity index (χ1) is 7.24. The standard InChI is InChI=1S/C10H9F2NO2S/c1-10(11,12)7-16(14,15)9-4-2-3-8(5-9)6-13/h2-5H,7H2,1H3. The highest BCUT2D eigenvalue weighted by Crippen LogP contribution is 2.21. The number of alkyl halides is 2. The van der Waals surface area contributed by atoms with E-state index in [2.05, 4.69) is 0 Å². The molecule has 86 valence electrons. The number of sulfone groups is 1. The molecule has 1 rings (SSSR count). The maximum Gasteiger partial charge on any atom is 0.259 e. The average molecular weight is 245 g/mol. The van der Waals surface area contributed by atoms with Gasteiger partial charge in [0.1, 0.15) is 5.75 Å². The van der Waals surface area contributed by atoms with Crippen molar-refractivity contribution in [1.82, 2.24) is 0 Å². The lowest BCUT2D eigenvalue weighted by Gasteiger charge is -2.10. The first-order valence-electron chi connectivity index (χ1n) is 4.35. The van der Waals surface area contributed by atoms with Gasteiger partial charge in [0.25, 0.3) is 5.92 Å². The minimum absolute atomic E-state index is 0.125. The molecule has 16 heavy (non-hydrogen) atoms. The molecule has 0 aliphatic carbocycles. The molecule has 1 aromatic carbocycles. The van der Waals surface area contributed by atoms with E-state index in [1.54, 1.807) is 6.07 Å². The topological polar surface area (TPSA) is 57.9 Å². The third-order valence-corrected chi connectivity index (χ3v) is 3.62. The fraction of sp³-hybridized carbons (Fsp3) is 0.300. The lowest BCUT2D eigenvalue weighted by Crippen LogP contribution is -2.24. The Kier molecular flexibility index (Phi) is 3.29. The number of hydrogen-bond acceptors (Lipinski definition) is 3. The van der Waals surface area contributed by atoms with Crippen LogP contribution in [0, 0.1) is 11.3 Å². The van der Waals surface area contributed by atoms with Crippen molar-refractivity contribution in [3.63, 3.8) is 0 Å². The molecule has 0 heterocycles. The summed E-state index contributed by atoms with van der Waals surface area (Å²) < 4.78 is 48.3. The summed E-state index contributed by atoms with van der Waals surface area (Å²) in [4.78, 5) is -0.256. The summed E-state index contributed by atoms with van der Waals surface area (Å²) in [5.41, 5.74) is 0.125. The van der Waals surface area contributed by atoms with E-state index in [-0.39, 0.29) is 10.5 Å². The zero-order valence-corrected chi connectivity index (χ0v) is 9.26. The van der Waals surface area contributed by atoms with Gasteiger partial charge in [-0.1, -0.05) is 6.07 Å². The van der Waals surface area contributed by atoms with Crippen molar-refractivity contribution in [1.29, 1.82) is 5.26 Å². The van der Waals surface area contributed by atoms with Crippen molar-refractivity contribution in [2.45, 2.75) is 17.7 Å². The molecule has 0 radical (unpaired) electrons. The van der Waals surface area contributed by atoms with Gasteiger partial charge in [0, 0.05) is 6.92 Å². The van der Waals surface area contributed by atoms with Gasteiger partial charge in [0.15, 0.2) is 9.84 Å². The highest BCUT2D eigenvalue weighted by Gasteiger charge is 2.31. The van der Waals surface area contributed by atoms with Gasteiger partial charge in [0.2, 0.25) is 0 Å². The molecule has 0 bridgehead atoms. The highest BCUT2D eigenvalue weighted by atomic mass is 32.2. The zero-order chi connectivity index (χ0) is 12.4. The predicted octanol–water partition coefficient (Wildman–Crippen LogP) is 1.99. The molecule has 0 spiro atoms. The van der Waals surface area contributed by atoms with Crippen molar-refractivity contribution in [3.8, 4) is 6.07 Å². The van der Waals surface area contributed by atoms with E-state index in [0.717, 1.165) is 6.07 Å². The number of hydrogen-bond donors (Lipinski definition) is 0. The Bertz CT molecular complexity index is 526. The number of halogens is 2. The molecule has 6 heteroatoms. The summed E-state index contributed by atoms with van der Waals surface area (Å²) in [5.74, 6) is -4.55. The van der Waals surface area contributed by atoms with Gasteiger partial charge in [-0.25, -0.2) is 17.2 Å².